The zero-order valence-electron chi connectivity index (χ0n) is 15.4. The van der Waals surface area contributed by atoms with Crippen LogP contribution >= 0.6 is 23.2 Å². The molecule has 1 N–H and O–H groups in total. The van der Waals surface area contributed by atoms with Crippen molar-refractivity contribution in [3.63, 3.8) is 0 Å². The maximum Gasteiger partial charge on any atom is 0.219 e. The van der Waals surface area contributed by atoms with E-state index >= 15 is 0 Å². The second-order valence-electron chi connectivity index (χ2n) is 5.78. The van der Waals surface area contributed by atoms with E-state index in [2.05, 4.69) is 15.3 Å². The first-order valence-electron chi connectivity index (χ1n) is 7.92. The van der Waals surface area contributed by atoms with Crippen LogP contribution in [0.3, 0.4) is 0 Å². The van der Waals surface area contributed by atoms with E-state index < -0.39 is 0 Å². The predicted molar refractivity (Wildman–Crippen MR) is 106 cm³/mol. The fourth-order valence-electron chi connectivity index (χ4n) is 2.27. The highest BCUT2D eigenvalue weighted by Crippen LogP contribution is 2.35. The van der Waals surface area contributed by atoms with Gasteiger partial charge < -0.3 is 5.32 Å². The number of hydrogen-bond acceptors (Lipinski definition) is 5. The second kappa shape index (κ2) is 10.2. The Bertz CT molecular complexity index is 782. The zero-order chi connectivity index (χ0) is 19.9. The Hall–Kier alpha value is -2.02. The number of aryl methyl sites for hydroxylation is 1. The van der Waals surface area contributed by atoms with Gasteiger partial charge in [0.1, 0.15) is 5.15 Å². The van der Waals surface area contributed by atoms with E-state index in [0.29, 0.717) is 18.4 Å². The Kier molecular flexibility index (Phi) is 8.65. The van der Waals surface area contributed by atoms with Crippen LogP contribution < -0.4 is 10.2 Å². The van der Waals surface area contributed by atoms with Gasteiger partial charge in [0.25, 0.3) is 0 Å². The van der Waals surface area contributed by atoms with E-state index in [1.165, 1.54) is 11.0 Å². The average Bonchev–Trinajstić information content (AvgIpc) is 2.60. The van der Waals surface area contributed by atoms with E-state index in [-0.39, 0.29) is 27.5 Å². The quantitative estimate of drug-likeness (QED) is 0.606. The third-order valence-electron chi connectivity index (χ3n) is 3.34. The number of rotatable bonds is 5. The number of aldehydes is 1. The van der Waals surface area contributed by atoms with Gasteiger partial charge in [0.05, 0.1) is 22.0 Å². The van der Waals surface area contributed by atoms with Crippen molar-refractivity contribution in [3.8, 4) is 0 Å². The van der Waals surface area contributed by atoms with Crippen LogP contribution in [0.1, 0.15) is 41.4 Å². The molecule has 0 saturated carbocycles. The summed E-state index contributed by atoms with van der Waals surface area (Å²) in [5.74, 6) is 0.206. The third-order valence-corrected chi connectivity index (χ3v) is 4.02. The van der Waals surface area contributed by atoms with Gasteiger partial charge in [-0.2, -0.15) is 0 Å². The molecule has 0 fully saturated rings. The van der Waals surface area contributed by atoms with Crippen molar-refractivity contribution < 1.29 is 9.59 Å². The summed E-state index contributed by atoms with van der Waals surface area (Å²) in [5.41, 5.74) is 2.32. The number of halogens is 2. The molecule has 2 aromatic rings. The van der Waals surface area contributed by atoms with E-state index in [1.807, 2.05) is 34.9 Å². The van der Waals surface area contributed by atoms with Crippen molar-refractivity contribution in [3.05, 3.63) is 45.3 Å². The largest absolute Gasteiger partial charge is 0.323 e. The number of amides is 1. The maximum absolute atomic E-state index is 11.8. The molecule has 0 atom stereocenters. The minimum atomic E-state index is 0.0201. The number of nitrogens with zero attached hydrogens (tertiary/aromatic N) is 3. The van der Waals surface area contributed by atoms with Gasteiger partial charge in [-0.15, -0.1) is 0 Å². The van der Waals surface area contributed by atoms with E-state index in [9.17, 15) is 9.59 Å². The topological polar surface area (TPSA) is 75.2 Å². The van der Waals surface area contributed by atoms with Crippen molar-refractivity contribution >= 4 is 47.4 Å². The Balaban J connectivity index is 0.00000105. The molecular weight excluding hydrogens is 375 g/mol. The molecule has 0 aliphatic rings. The van der Waals surface area contributed by atoms with Crippen LogP contribution in [-0.2, 0) is 4.79 Å². The van der Waals surface area contributed by atoms with Gasteiger partial charge in [-0.3, -0.25) is 19.5 Å². The van der Waals surface area contributed by atoms with Gasteiger partial charge in [0.2, 0.25) is 6.41 Å². The molecule has 0 spiro atoms. The lowest BCUT2D eigenvalue weighted by atomic mass is 10.0. The highest BCUT2D eigenvalue weighted by Gasteiger charge is 2.23. The molecular formula is C18H22Cl2N4O2. The molecule has 0 aliphatic heterocycles. The monoisotopic (exact) mass is 396 g/mol. The summed E-state index contributed by atoms with van der Waals surface area (Å²) >= 11 is 11.9. The first kappa shape index (κ1) is 22.0. The molecule has 26 heavy (non-hydrogen) atoms. The molecule has 0 aliphatic carbocycles. The van der Waals surface area contributed by atoms with Crippen molar-refractivity contribution in [2.75, 3.05) is 19.0 Å². The smallest absolute Gasteiger partial charge is 0.219 e. The van der Waals surface area contributed by atoms with Crippen molar-refractivity contribution in [1.29, 1.82) is 0 Å². The fraction of sp³-hybridized carbons (Fsp3) is 0.333. The van der Waals surface area contributed by atoms with Crippen LogP contribution in [0.15, 0.2) is 18.3 Å². The van der Waals surface area contributed by atoms with Crippen molar-refractivity contribution in [1.82, 2.24) is 15.3 Å². The first-order chi connectivity index (χ1) is 12.3. The summed E-state index contributed by atoms with van der Waals surface area (Å²) in [5, 5.41) is 2.92. The SMILES string of the molecule is CNC.Cc1ccnc(C(C)C)c1N(C=O)c1nc(Cl)c(Cl)cc1C=O. The van der Waals surface area contributed by atoms with Crippen LogP contribution in [0, 0.1) is 6.92 Å². The van der Waals surface area contributed by atoms with Gasteiger partial charge in [0, 0.05) is 6.20 Å². The van der Waals surface area contributed by atoms with Gasteiger partial charge in [-0.1, -0.05) is 37.0 Å². The Morgan fingerprint density at radius 1 is 1.23 bits per heavy atom. The molecule has 1 amide bonds. The highest BCUT2D eigenvalue weighted by atomic mass is 35.5. The minimum absolute atomic E-state index is 0.0201. The normalized spacial score (nSPS) is 10.2. The Morgan fingerprint density at radius 2 is 1.85 bits per heavy atom. The molecule has 0 radical (unpaired) electrons. The maximum atomic E-state index is 11.8. The summed E-state index contributed by atoms with van der Waals surface area (Å²) in [6.07, 6.45) is 2.86. The van der Waals surface area contributed by atoms with Crippen LogP contribution in [0.2, 0.25) is 10.2 Å². The summed E-state index contributed by atoms with van der Waals surface area (Å²) < 4.78 is 0. The lowest BCUT2D eigenvalue weighted by molar-refractivity contribution is -0.106. The number of pyridine rings is 2. The standard InChI is InChI=1S/C16H15Cl2N3O2.C2H7N/c1-9(2)13-14(10(3)4-5-19-13)21(8-23)16-11(7-22)6-12(17)15(18)20-16;1-3-2/h4-9H,1-3H3;3H,1-2H3. The molecule has 0 bridgehead atoms. The number of carbonyl (C=O) groups excluding carboxylic acids is 2. The number of nitrogens with one attached hydrogen (secondary N) is 1. The molecule has 8 heteroatoms. The molecule has 2 heterocycles. The third kappa shape index (κ3) is 5.00. The van der Waals surface area contributed by atoms with Crippen molar-refractivity contribution in [2.24, 2.45) is 0 Å². The summed E-state index contributed by atoms with van der Waals surface area (Å²) in [4.78, 5) is 32.8. The van der Waals surface area contributed by atoms with E-state index in [0.717, 1.165) is 11.3 Å². The Morgan fingerprint density at radius 3 is 2.35 bits per heavy atom. The van der Waals surface area contributed by atoms with E-state index in [1.54, 1.807) is 12.3 Å². The first-order valence-corrected chi connectivity index (χ1v) is 8.67. The molecule has 0 unspecified atom stereocenters. The molecule has 0 aromatic carbocycles. The molecule has 0 saturated heterocycles. The number of hydrogen-bond donors (Lipinski definition) is 1. The second-order valence-corrected chi connectivity index (χ2v) is 6.55. The summed E-state index contributed by atoms with van der Waals surface area (Å²) in [6.45, 7) is 5.80. The highest BCUT2D eigenvalue weighted by molar-refractivity contribution is 6.41. The Labute approximate surface area is 163 Å². The average molecular weight is 397 g/mol. The fourth-order valence-corrected chi connectivity index (χ4v) is 2.56. The predicted octanol–water partition coefficient (Wildman–Crippen LogP) is 4.16. The van der Waals surface area contributed by atoms with Gasteiger partial charge in [-0.05, 0) is 44.6 Å². The lowest BCUT2D eigenvalue weighted by Gasteiger charge is -2.24. The summed E-state index contributed by atoms with van der Waals surface area (Å²) in [6, 6.07) is 3.17. The lowest BCUT2D eigenvalue weighted by Crippen LogP contribution is -2.21. The van der Waals surface area contributed by atoms with Crippen LogP contribution in [0.5, 0.6) is 0 Å². The van der Waals surface area contributed by atoms with Gasteiger partial charge >= 0.3 is 0 Å². The van der Waals surface area contributed by atoms with Gasteiger partial charge in [0.15, 0.2) is 12.1 Å². The molecule has 140 valence electrons. The molecule has 6 nitrogen and oxygen atoms in total. The van der Waals surface area contributed by atoms with Crippen LogP contribution in [-0.4, -0.2) is 36.8 Å². The van der Waals surface area contributed by atoms with Crippen LogP contribution in [0.25, 0.3) is 0 Å². The molecule has 2 aromatic heterocycles. The number of carbonyl (C=O) groups is 2. The van der Waals surface area contributed by atoms with Gasteiger partial charge in [-0.25, -0.2) is 4.98 Å². The molecule has 2 rings (SSSR count). The van der Waals surface area contributed by atoms with Crippen LogP contribution in [0.4, 0.5) is 11.5 Å². The van der Waals surface area contributed by atoms with E-state index in [4.69, 9.17) is 23.2 Å². The minimum Gasteiger partial charge on any atom is -0.323 e. The zero-order valence-corrected chi connectivity index (χ0v) is 16.9. The number of anilines is 2. The number of aromatic nitrogens is 2. The summed E-state index contributed by atoms with van der Waals surface area (Å²) in [7, 11) is 3.75. The van der Waals surface area contributed by atoms with Crippen molar-refractivity contribution in [2.45, 2.75) is 26.7 Å².